The Hall–Kier alpha value is -2.02. The van der Waals surface area contributed by atoms with Gasteiger partial charge in [-0.1, -0.05) is 50.1 Å². The van der Waals surface area contributed by atoms with Gasteiger partial charge in [-0.2, -0.15) is 0 Å². The number of amides is 1. The zero-order chi connectivity index (χ0) is 18.1. The van der Waals surface area contributed by atoms with Gasteiger partial charge >= 0.3 is 0 Å². The van der Waals surface area contributed by atoms with Crippen molar-refractivity contribution in [3.05, 3.63) is 30.1 Å². The number of hydrogen-bond donors (Lipinski definition) is 1. The van der Waals surface area contributed by atoms with Crippen LogP contribution in [0.2, 0.25) is 0 Å². The highest BCUT2D eigenvalue weighted by atomic mass is 32.2. The number of methoxy groups -OCH3 is 1. The van der Waals surface area contributed by atoms with E-state index in [0.717, 1.165) is 36.6 Å². The molecule has 0 fully saturated rings. The summed E-state index contributed by atoms with van der Waals surface area (Å²) < 4.78 is 7.34. The maximum atomic E-state index is 12.0. The molecule has 0 unspecified atom stereocenters. The van der Waals surface area contributed by atoms with Gasteiger partial charge in [0.1, 0.15) is 11.6 Å². The first-order valence-corrected chi connectivity index (χ1v) is 9.60. The highest BCUT2D eigenvalue weighted by Gasteiger charge is 2.16. The maximum absolute atomic E-state index is 12.0. The van der Waals surface area contributed by atoms with Gasteiger partial charge in [-0.25, -0.2) is 0 Å². The predicted molar refractivity (Wildman–Crippen MR) is 101 cm³/mol. The third-order valence-corrected chi connectivity index (χ3v) is 4.74. The summed E-state index contributed by atoms with van der Waals surface area (Å²) in [7, 11) is 1.64. The Balaban J connectivity index is 1.96. The van der Waals surface area contributed by atoms with E-state index in [2.05, 4.69) is 22.4 Å². The first-order chi connectivity index (χ1) is 12.2. The fraction of sp³-hybridized carbons (Fsp3) is 0.500. The van der Waals surface area contributed by atoms with Crippen LogP contribution in [0.15, 0.2) is 29.4 Å². The van der Waals surface area contributed by atoms with Gasteiger partial charge in [0, 0.05) is 6.54 Å². The molecule has 0 saturated carbocycles. The lowest BCUT2D eigenvalue weighted by Gasteiger charge is -2.12. The van der Waals surface area contributed by atoms with Crippen LogP contribution in [0.1, 0.15) is 38.4 Å². The number of benzene rings is 1. The average Bonchev–Trinajstić information content (AvgIpc) is 3.00. The van der Waals surface area contributed by atoms with Crippen molar-refractivity contribution in [2.45, 2.75) is 44.7 Å². The van der Waals surface area contributed by atoms with Crippen molar-refractivity contribution in [1.29, 1.82) is 0 Å². The molecule has 1 aromatic carbocycles. The number of nitrogens with zero attached hydrogens (tertiary/aromatic N) is 3. The lowest BCUT2D eigenvalue weighted by Crippen LogP contribution is -2.26. The Bertz CT molecular complexity index is 687. The summed E-state index contributed by atoms with van der Waals surface area (Å²) >= 11 is 1.38. The fourth-order valence-corrected chi connectivity index (χ4v) is 3.31. The largest absolute Gasteiger partial charge is 0.495 e. The summed E-state index contributed by atoms with van der Waals surface area (Å²) in [5.74, 6) is 1.84. The standard InChI is InChI=1S/C18H26N4O2S/c1-4-5-6-9-12-19-17(23)13-25-18-21-20-14(2)22(18)15-10-7-8-11-16(15)24-3/h7-8,10-11H,4-6,9,12-13H2,1-3H3,(H,19,23). The molecular formula is C18H26N4O2S. The topological polar surface area (TPSA) is 69.0 Å². The van der Waals surface area contributed by atoms with Crippen LogP contribution in [0.4, 0.5) is 0 Å². The van der Waals surface area contributed by atoms with E-state index in [1.807, 2.05) is 35.8 Å². The fourth-order valence-electron chi connectivity index (χ4n) is 2.49. The van der Waals surface area contributed by atoms with E-state index in [1.54, 1.807) is 7.11 Å². The minimum atomic E-state index is 0.0220. The number of para-hydroxylation sites is 2. The second-order valence-electron chi connectivity index (χ2n) is 5.74. The van der Waals surface area contributed by atoms with Crippen molar-refractivity contribution in [3.8, 4) is 11.4 Å². The minimum absolute atomic E-state index is 0.0220. The monoisotopic (exact) mass is 362 g/mol. The van der Waals surface area contributed by atoms with E-state index in [0.29, 0.717) is 10.9 Å². The van der Waals surface area contributed by atoms with Crippen LogP contribution in [0, 0.1) is 6.92 Å². The molecule has 0 spiro atoms. The van der Waals surface area contributed by atoms with Crippen molar-refractivity contribution < 1.29 is 9.53 Å². The van der Waals surface area contributed by atoms with Crippen LogP contribution in [0.5, 0.6) is 5.75 Å². The number of aryl methyl sites for hydroxylation is 1. The molecule has 0 aliphatic rings. The van der Waals surface area contributed by atoms with Gasteiger partial charge in [0.05, 0.1) is 18.6 Å². The van der Waals surface area contributed by atoms with Crippen LogP contribution in [0.3, 0.4) is 0 Å². The van der Waals surface area contributed by atoms with Crippen LogP contribution < -0.4 is 10.1 Å². The molecule has 0 aliphatic heterocycles. The molecule has 2 aromatic rings. The second kappa shape index (κ2) is 10.1. The first kappa shape index (κ1) is 19.3. The minimum Gasteiger partial charge on any atom is -0.495 e. The summed E-state index contributed by atoms with van der Waals surface area (Å²) in [6, 6.07) is 7.70. The van der Waals surface area contributed by atoms with Crippen LogP contribution in [-0.2, 0) is 4.79 Å². The Morgan fingerprint density at radius 1 is 1.24 bits per heavy atom. The van der Waals surface area contributed by atoms with Crippen molar-refractivity contribution in [3.63, 3.8) is 0 Å². The summed E-state index contributed by atoms with van der Waals surface area (Å²) in [5, 5.41) is 12.0. The van der Waals surface area contributed by atoms with Gasteiger partial charge in [-0.05, 0) is 25.5 Å². The van der Waals surface area contributed by atoms with E-state index in [4.69, 9.17) is 4.74 Å². The van der Waals surface area contributed by atoms with Crippen LogP contribution in [-0.4, -0.2) is 40.1 Å². The van der Waals surface area contributed by atoms with Crippen molar-refractivity contribution in [2.75, 3.05) is 19.4 Å². The number of carbonyl (C=O) groups is 1. The Morgan fingerprint density at radius 3 is 2.80 bits per heavy atom. The maximum Gasteiger partial charge on any atom is 0.230 e. The third-order valence-electron chi connectivity index (χ3n) is 3.81. The average molecular weight is 362 g/mol. The number of nitrogens with one attached hydrogen (secondary N) is 1. The number of aromatic nitrogens is 3. The molecule has 1 aromatic heterocycles. The lowest BCUT2D eigenvalue weighted by molar-refractivity contribution is -0.118. The molecule has 0 bridgehead atoms. The smallest absolute Gasteiger partial charge is 0.230 e. The first-order valence-electron chi connectivity index (χ1n) is 8.62. The van der Waals surface area contributed by atoms with Crippen molar-refractivity contribution >= 4 is 17.7 Å². The number of carbonyl (C=O) groups excluding carboxylic acids is 1. The van der Waals surface area contributed by atoms with Gasteiger partial charge in [0.2, 0.25) is 5.91 Å². The van der Waals surface area contributed by atoms with Gasteiger partial charge in [-0.3, -0.25) is 9.36 Å². The van der Waals surface area contributed by atoms with E-state index in [-0.39, 0.29) is 5.91 Å². The van der Waals surface area contributed by atoms with Gasteiger partial charge in [0.25, 0.3) is 0 Å². The van der Waals surface area contributed by atoms with Gasteiger partial charge in [0.15, 0.2) is 5.16 Å². The number of thioether (sulfide) groups is 1. The zero-order valence-corrected chi connectivity index (χ0v) is 15.9. The van der Waals surface area contributed by atoms with E-state index in [9.17, 15) is 4.79 Å². The molecule has 2 rings (SSSR count). The molecule has 136 valence electrons. The molecule has 0 atom stereocenters. The van der Waals surface area contributed by atoms with Gasteiger partial charge < -0.3 is 10.1 Å². The van der Waals surface area contributed by atoms with E-state index >= 15 is 0 Å². The van der Waals surface area contributed by atoms with Crippen LogP contribution >= 0.6 is 11.8 Å². The Morgan fingerprint density at radius 2 is 2.04 bits per heavy atom. The van der Waals surface area contributed by atoms with Gasteiger partial charge in [-0.15, -0.1) is 10.2 Å². The number of rotatable bonds is 10. The third kappa shape index (κ3) is 5.49. The number of unbranched alkanes of at least 4 members (excludes halogenated alkanes) is 3. The summed E-state index contributed by atoms with van der Waals surface area (Å²) in [6.45, 7) is 4.80. The number of ether oxygens (including phenoxy) is 1. The zero-order valence-electron chi connectivity index (χ0n) is 15.1. The van der Waals surface area contributed by atoms with Crippen molar-refractivity contribution in [2.24, 2.45) is 0 Å². The molecular weight excluding hydrogens is 336 g/mol. The SMILES string of the molecule is CCCCCCNC(=O)CSc1nnc(C)n1-c1ccccc1OC. The molecule has 1 amide bonds. The van der Waals surface area contributed by atoms with Crippen LogP contribution in [0.25, 0.3) is 5.69 Å². The van der Waals surface area contributed by atoms with Crippen molar-refractivity contribution in [1.82, 2.24) is 20.1 Å². The molecule has 1 N–H and O–H groups in total. The Kier molecular flexibility index (Phi) is 7.78. The number of hydrogen-bond acceptors (Lipinski definition) is 5. The predicted octanol–water partition coefficient (Wildman–Crippen LogP) is 3.37. The molecule has 1 heterocycles. The molecule has 7 heteroatoms. The Labute approximate surface area is 153 Å². The molecule has 25 heavy (non-hydrogen) atoms. The van der Waals surface area contributed by atoms with E-state index < -0.39 is 0 Å². The molecule has 0 aliphatic carbocycles. The highest BCUT2D eigenvalue weighted by molar-refractivity contribution is 7.99. The summed E-state index contributed by atoms with van der Waals surface area (Å²) in [6.07, 6.45) is 4.60. The quantitative estimate of drug-likeness (QED) is 0.518. The molecule has 0 saturated heterocycles. The van der Waals surface area contributed by atoms with E-state index in [1.165, 1.54) is 24.6 Å². The summed E-state index contributed by atoms with van der Waals surface area (Å²) in [5.41, 5.74) is 0.870. The normalized spacial score (nSPS) is 10.7. The molecule has 0 radical (unpaired) electrons. The lowest BCUT2D eigenvalue weighted by atomic mass is 10.2. The summed E-state index contributed by atoms with van der Waals surface area (Å²) in [4.78, 5) is 12.0. The second-order valence-corrected chi connectivity index (χ2v) is 6.68. The molecule has 6 nitrogen and oxygen atoms in total. The highest BCUT2D eigenvalue weighted by Crippen LogP contribution is 2.28.